The average Bonchev–Trinajstić information content (AvgIpc) is 2.52. The molecule has 0 atom stereocenters. The van der Waals surface area contributed by atoms with Gasteiger partial charge in [0, 0.05) is 46.3 Å². The standard InChI is InChI=1S/C14H19N5O2/c1-17(9-10-18-7-5-16-6-8-18)13-4-2-3-12(11-15)14(13)19(20)21/h2-4,16H,5-10H2,1H3. The number of rotatable bonds is 5. The Labute approximate surface area is 123 Å². The fraction of sp³-hybridized carbons (Fsp3) is 0.500. The molecule has 0 aromatic heterocycles. The molecule has 1 aliphatic rings. The van der Waals surface area contributed by atoms with E-state index in [0.29, 0.717) is 12.2 Å². The molecule has 1 aromatic rings. The second-order valence-electron chi connectivity index (χ2n) is 5.06. The van der Waals surface area contributed by atoms with Gasteiger partial charge in [-0.05, 0) is 12.1 Å². The summed E-state index contributed by atoms with van der Waals surface area (Å²) in [6, 6.07) is 6.74. The molecule has 7 heteroatoms. The normalized spacial score (nSPS) is 15.4. The maximum absolute atomic E-state index is 11.2. The number of anilines is 1. The van der Waals surface area contributed by atoms with Crippen LogP contribution in [0.4, 0.5) is 11.4 Å². The van der Waals surface area contributed by atoms with Gasteiger partial charge in [0.2, 0.25) is 0 Å². The van der Waals surface area contributed by atoms with E-state index in [9.17, 15) is 10.1 Å². The summed E-state index contributed by atoms with van der Waals surface area (Å²) in [5.74, 6) is 0. The van der Waals surface area contributed by atoms with Crippen molar-refractivity contribution in [1.29, 1.82) is 5.26 Å². The number of para-hydroxylation sites is 1. The first-order valence-electron chi connectivity index (χ1n) is 6.95. The van der Waals surface area contributed by atoms with Gasteiger partial charge < -0.3 is 10.2 Å². The van der Waals surface area contributed by atoms with Crippen molar-refractivity contribution >= 4 is 11.4 Å². The van der Waals surface area contributed by atoms with Crippen LogP contribution in [0.5, 0.6) is 0 Å². The van der Waals surface area contributed by atoms with Gasteiger partial charge in [-0.1, -0.05) is 6.07 Å². The molecule has 7 nitrogen and oxygen atoms in total. The van der Waals surface area contributed by atoms with E-state index >= 15 is 0 Å². The highest BCUT2D eigenvalue weighted by atomic mass is 16.6. The van der Waals surface area contributed by atoms with Gasteiger partial charge in [0.25, 0.3) is 0 Å². The predicted octanol–water partition coefficient (Wildman–Crippen LogP) is 0.808. The van der Waals surface area contributed by atoms with Crippen molar-refractivity contribution in [2.24, 2.45) is 0 Å². The third-order valence-electron chi connectivity index (χ3n) is 3.69. The third-order valence-corrected chi connectivity index (χ3v) is 3.69. The Morgan fingerprint density at radius 1 is 1.48 bits per heavy atom. The molecule has 0 amide bonds. The molecule has 1 fully saturated rings. The number of nitrogens with zero attached hydrogens (tertiary/aromatic N) is 4. The molecule has 0 spiro atoms. The predicted molar refractivity (Wildman–Crippen MR) is 80.4 cm³/mol. The molecular formula is C14H19N5O2. The Morgan fingerprint density at radius 2 is 2.19 bits per heavy atom. The van der Waals surface area contributed by atoms with Crippen molar-refractivity contribution in [3.8, 4) is 6.07 Å². The molecule has 2 rings (SSSR count). The first-order chi connectivity index (χ1) is 10.1. The van der Waals surface area contributed by atoms with E-state index in [4.69, 9.17) is 5.26 Å². The highest BCUT2D eigenvalue weighted by molar-refractivity contribution is 5.69. The van der Waals surface area contributed by atoms with Gasteiger partial charge in [-0.2, -0.15) is 5.26 Å². The highest BCUT2D eigenvalue weighted by Crippen LogP contribution is 2.30. The summed E-state index contributed by atoms with van der Waals surface area (Å²) in [5.41, 5.74) is 0.489. The lowest BCUT2D eigenvalue weighted by Gasteiger charge is -2.29. The third kappa shape index (κ3) is 3.68. The Bertz CT molecular complexity index is 549. The molecule has 1 heterocycles. The minimum atomic E-state index is -0.477. The summed E-state index contributed by atoms with van der Waals surface area (Å²) in [6.07, 6.45) is 0. The van der Waals surface area contributed by atoms with Gasteiger partial charge in [0.05, 0.1) is 4.92 Å². The zero-order valence-electron chi connectivity index (χ0n) is 12.1. The molecule has 1 N–H and O–H groups in total. The SMILES string of the molecule is CN(CCN1CCNCC1)c1cccc(C#N)c1[N+](=O)[O-]. The Hall–Kier alpha value is -2.17. The van der Waals surface area contributed by atoms with Crippen LogP contribution in [0.25, 0.3) is 0 Å². The van der Waals surface area contributed by atoms with Crippen LogP contribution in [-0.4, -0.2) is 56.1 Å². The molecule has 0 radical (unpaired) electrons. The van der Waals surface area contributed by atoms with Crippen molar-refractivity contribution in [2.75, 3.05) is 51.2 Å². The number of hydrogen-bond acceptors (Lipinski definition) is 6. The van der Waals surface area contributed by atoms with Crippen LogP contribution < -0.4 is 10.2 Å². The second kappa shape index (κ2) is 7.02. The molecule has 0 saturated carbocycles. The zero-order chi connectivity index (χ0) is 15.2. The smallest absolute Gasteiger partial charge is 0.310 e. The van der Waals surface area contributed by atoms with Crippen LogP contribution in [0.15, 0.2) is 18.2 Å². The first kappa shape index (κ1) is 15.2. The van der Waals surface area contributed by atoms with E-state index in [1.807, 2.05) is 18.0 Å². The number of nitro benzene ring substituents is 1. The minimum absolute atomic E-state index is 0.103. The van der Waals surface area contributed by atoms with Crippen LogP contribution in [0.3, 0.4) is 0 Å². The van der Waals surface area contributed by atoms with Gasteiger partial charge in [-0.25, -0.2) is 0 Å². The molecule has 0 aliphatic carbocycles. The maximum atomic E-state index is 11.2. The fourth-order valence-corrected chi connectivity index (χ4v) is 2.47. The van der Waals surface area contributed by atoms with Gasteiger partial charge in [0.15, 0.2) is 0 Å². The van der Waals surface area contributed by atoms with Crippen molar-refractivity contribution in [3.63, 3.8) is 0 Å². The molecule has 21 heavy (non-hydrogen) atoms. The second-order valence-corrected chi connectivity index (χ2v) is 5.06. The number of benzene rings is 1. The van der Waals surface area contributed by atoms with Crippen LogP contribution in [-0.2, 0) is 0 Å². The van der Waals surface area contributed by atoms with E-state index in [1.165, 1.54) is 6.07 Å². The van der Waals surface area contributed by atoms with Crippen LogP contribution in [0.2, 0.25) is 0 Å². The summed E-state index contributed by atoms with van der Waals surface area (Å²) < 4.78 is 0. The quantitative estimate of drug-likeness (QED) is 0.637. The lowest BCUT2D eigenvalue weighted by Crippen LogP contribution is -2.46. The number of nitro groups is 1. The lowest BCUT2D eigenvalue weighted by molar-refractivity contribution is -0.384. The largest absolute Gasteiger partial charge is 0.368 e. The average molecular weight is 289 g/mol. The molecule has 112 valence electrons. The number of likely N-dealkylation sites (N-methyl/N-ethyl adjacent to an activating group) is 1. The van der Waals surface area contributed by atoms with Crippen LogP contribution in [0.1, 0.15) is 5.56 Å². The molecule has 1 aliphatic heterocycles. The number of hydrogen-bond donors (Lipinski definition) is 1. The van der Waals surface area contributed by atoms with Crippen molar-refractivity contribution in [1.82, 2.24) is 10.2 Å². The van der Waals surface area contributed by atoms with Crippen molar-refractivity contribution in [3.05, 3.63) is 33.9 Å². The summed E-state index contributed by atoms with van der Waals surface area (Å²) in [5, 5.41) is 23.5. The van der Waals surface area contributed by atoms with E-state index in [2.05, 4.69) is 10.2 Å². The number of piperazine rings is 1. The van der Waals surface area contributed by atoms with Gasteiger partial charge in [0.1, 0.15) is 17.3 Å². The molecule has 0 unspecified atom stereocenters. The molecule has 0 bridgehead atoms. The summed E-state index contributed by atoms with van der Waals surface area (Å²) in [6.45, 7) is 5.49. The van der Waals surface area contributed by atoms with E-state index in [-0.39, 0.29) is 11.3 Å². The van der Waals surface area contributed by atoms with Crippen molar-refractivity contribution in [2.45, 2.75) is 0 Å². The van der Waals surface area contributed by atoms with Crippen LogP contribution in [0, 0.1) is 21.4 Å². The Kier molecular flexibility index (Phi) is 5.09. The maximum Gasteiger partial charge on any atom is 0.310 e. The highest BCUT2D eigenvalue weighted by Gasteiger charge is 2.22. The Morgan fingerprint density at radius 3 is 2.81 bits per heavy atom. The van der Waals surface area contributed by atoms with Gasteiger partial charge in [-0.3, -0.25) is 15.0 Å². The molecular weight excluding hydrogens is 270 g/mol. The molecule has 1 aromatic carbocycles. The summed E-state index contributed by atoms with van der Waals surface area (Å²) in [7, 11) is 1.83. The lowest BCUT2D eigenvalue weighted by atomic mass is 10.1. The van der Waals surface area contributed by atoms with E-state index in [0.717, 1.165) is 32.7 Å². The minimum Gasteiger partial charge on any atom is -0.368 e. The van der Waals surface area contributed by atoms with Crippen molar-refractivity contribution < 1.29 is 4.92 Å². The van der Waals surface area contributed by atoms with Gasteiger partial charge >= 0.3 is 5.69 Å². The van der Waals surface area contributed by atoms with Crippen LogP contribution >= 0.6 is 0 Å². The van der Waals surface area contributed by atoms with E-state index in [1.54, 1.807) is 12.1 Å². The topological polar surface area (TPSA) is 85.4 Å². The Balaban J connectivity index is 2.09. The number of nitrogens with one attached hydrogen (secondary N) is 1. The van der Waals surface area contributed by atoms with Gasteiger partial charge in [-0.15, -0.1) is 0 Å². The number of nitriles is 1. The van der Waals surface area contributed by atoms with E-state index < -0.39 is 4.92 Å². The fourth-order valence-electron chi connectivity index (χ4n) is 2.47. The summed E-state index contributed by atoms with van der Waals surface area (Å²) in [4.78, 5) is 14.9. The first-order valence-corrected chi connectivity index (χ1v) is 6.95. The monoisotopic (exact) mass is 289 g/mol. The summed E-state index contributed by atoms with van der Waals surface area (Å²) >= 11 is 0. The zero-order valence-corrected chi connectivity index (χ0v) is 12.1. The molecule has 1 saturated heterocycles.